The van der Waals surface area contributed by atoms with Crippen molar-refractivity contribution in [1.29, 1.82) is 0 Å². The molecule has 0 amide bonds. The Bertz CT molecular complexity index is 386. The zero-order chi connectivity index (χ0) is 13.7. The van der Waals surface area contributed by atoms with E-state index in [9.17, 15) is 4.79 Å². The quantitative estimate of drug-likeness (QED) is 0.788. The first kappa shape index (κ1) is 13.4. The van der Waals surface area contributed by atoms with Gasteiger partial charge in [-0.2, -0.15) is 0 Å². The maximum Gasteiger partial charge on any atom is 0.320 e. The summed E-state index contributed by atoms with van der Waals surface area (Å²) in [5.41, 5.74) is -0.299. The van der Waals surface area contributed by atoms with Crippen LogP contribution in [0.3, 0.4) is 0 Å². The van der Waals surface area contributed by atoms with Crippen LogP contribution in [-0.4, -0.2) is 37.9 Å². The number of carbonyl (C=O) groups is 1. The second kappa shape index (κ2) is 4.45. The zero-order valence-electron chi connectivity index (χ0n) is 12.2. The van der Waals surface area contributed by atoms with Crippen molar-refractivity contribution in [3.05, 3.63) is 0 Å². The monoisotopic (exact) mass is 267 g/mol. The van der Waals surface area contributed by atoms with Crippen LogP contribution in [0.5, 0.6) is 0 Å². The van der Waals surface area contributed by atoms with Crippen molar-refractivity contribution in [1.82, 2.24) is 5.32 Å². The highest BCUT2D eigenvalue weighted by Gasteiger charge is 2.63. The topological polar surface area (TPSA) is 47.6 Å². The van der Waals surface area contributed by atoms with E-state index in [0.717, 1.165) is 25.7 Å². The van der Waals surface area contributed by atoms with Crippen LogP contribution in [0.4, 0.5) is 0 Å². The van der Waals surface area contributed by atoms with Crippen LogP contribution in [0.2, 0.25) is 0 Å². The van der Waals surface area contributed by atoms with Gasteiger partial charge in [0.05, 0.1) is 12.1 Å². The van der Waals surface area contributed by atoms with E-state index in [1.54, 1.807) is 7.05 Å². The lowest BCUT2D eigenvalue weighted by Gasteiger charge is -2.63. The van der Waals surface area contributed by atoms with Gasteiger partial charge in [0, 0.05) is 13.5 Å². The fourth-order valence-electron chi connectivity index (χ4n) is 5.13. The lowest BCUT2D eigenvalue weighted by Crippen LogP contribution is -2.65. The van der Waals surface area contributed by atoms with E-state index in [4.69, 9.17) is 9.47 Å². The van der Waals surface area contributed by atoms with Gasteiger partial charge in [-0.1, -0.05) is 6.92 Å². The van der Waals surface area contributed by atoms with Gasteiger partial charge in [-0.25, -0.2) is 0 Å². The summed E-state index contributed by atoms with van der Waals surface area (Å²) in [6.45, 7) is 2.61. The Labute approximate surface area is 115 Å². The molecular formula is C15H25NO3. The Morgan fingerprint density at radius 1 is 1.37 bits per heavy atom. The molecule has 5 unspecified atom stereocenters. The maximum absolute atomic E-state index is 11.9. The molecule has 4 fully saturated rings. The lowest BCUT2D eigenvalue weighted by atomic mass is 9.48. The molecule has 0 aliphatic heterocycles. The van der Waals surface area contributed by atoms with Crippen molar-refractivity contribution in [3.63, 3.8) is 0 Å². The first-order chi connectivity index (χ1) is 9.02. The molecule has 0 radical (unpaired) electrons. The number of rotatable bonds is 4. The third-order valence-corrected chi connectivity index (χ3v) is 5.78. The van der Waals surface area contributed by atoms with Gasteiger partial charge in [-0.3, -0.25) is 4.79 Å². The zero-order valence-corrected chi connectivity index (χ0v) is 12.2. The largest absolute Gasteiger partial charge is 0.458 e. The Kier molecular flexibility index (Phi) is 3.13. The van der Waals surface area contributed by atoms with Crippen LogP contribution < -0.4 is 5.32 Å². The summed E-state index contributed by atoms with van der Waals surface area (Å²) in [4.78, 5) is 11.9. The van der Waals surface area contributed by atoms with Crippen LogP contribution in [0.15, 0.2) is 0 Å². The number of ether oxygens (including phenoxy) is 2. The number of likely N-dealkylation sites (N-methyl/N-ethyl adjacent to an activating group) is 1. The van der Waals surface area contributed by atoms with E-state index in [1.807, 2.05) is 7.11 Å². The van der Waals surface area contributed by atoms with Crippen molar-refractivity contribution in [2.24, 2.45) is 17.8 Å². The highest BCUT2D eigenvalue weighted by atomic mass is 16.6. The van der Waals surface area contributed by atoms with E-state index in [0.29, 0.717) is 24.3 Å². The average Bonchev–Trinajstić information content (AvgIpc) is 2.34. The van der Waals surface area contributed by atoms with Gasteiger partial charge in [0.15, 0.2) is 0 Å². The van der Waals surface area contributed by atoms with E-state index in [1.165, 1.54) is 6.42 Å². The number of hydrogen-bond acceptors (Lipinski definition) is 4. The fourth-order valence-corrected chi connectivity index (χ4v) is 5.13. The average molecular weight is 267 g/mol. The molecule has 4 bridgehead atoms. The van der Waals surface area contributed by atoms with Crippen molar-refractivity contribution < 1.29 is 14.3 Å². The summed E-state index contributed by atoms with van der Waals surface area (Å²) >= 11 is 0. The SMILES string of the molecule is CNCC(=O)OC12CC3CC(C1)C(C)C(OC)(C3)C2. The molecule has 0 aromatic heterocycles. The second-order valence-corrected chi connectivity index (χ2v) is 6.90. The molecule has 5 atom stereocenters. The van der Waals surface area contributed by atoms with Crippen LogP contribution in [-0.2, 0) is 14.3 Å². The molecule has 4 aliphatic rings. The predicted octanol–water partition coefficient (Wildman–Crippen LogP) is 1.73. The van der Waals surface area contributed by atoms with Crippen molar-refractivity contribution in [3.8, 4) is 0 Å². The molecule has 0 aromatic rings. The van der Waals surface area contributed by atoms with Crippen LogP contribution >= 0.6 is 0 Å². The summed E-state index contributed by atoms with van der Waals surface area (Å²) in [7, 11) is 3.60. The fraction of sp³-hybridized carbons (Fsp3) is 0.933. The molecule has 4 rings (SSSR count). The lowest BCUT2D eigenvalue weighted by molar-refractivity contribution is -0.248. The molecule has 4 nitrogen and oxygen atoms in total. The third kappa shape index (κ3) is 2.00. The minimum Gasteiger partial charge on any atom is -0.458 e. The van der Waals surface area contributed by atoms with Gasteiger partial charge in [0.2, 0.25) is 0 Å². The van der Waals surface area contributed by atoms with Crippen molar-refractivity contribution >= 4 is 5.97 Å². The molecule has 0 spiro atoms. The third-order valence-electron chi connectivity index (χ3n) is 5.78. The summed E-state index contributed by atoms with van der Waals surface area (Å²) in [6, 6.07) is 0. The van der Waals surface area contributed by atoms with Crippen LogP contribution in [0, 0.1) is 17.8 Å². The van der Waals surface area contributed by atoms with Gasteiger partial charge < -0.3 is 14.8 Å². The minimum absolute atomic E-state index is 0.0516. The van der Waals surface area contributed by atoms with Crippen LogP contribution in [0.1, 0.15) is 39.0 Å². The predicted molar refractivity (Wildman–Crippen MR) is 71.7 cm³/mol. The summed E-state index contributed by atoms with van der Waals surface area (Å²) in [5, 5.41) is 2.88. The minimum atomic E-state index is -0.248. The molecule has 4 aliphatic carbocycles. The van der Waals surface area contributed by atoms with Gasteiger partial charge in [-0.15, -0.1) is 0 Å². The Hall–Kier alpha value is -0.610. The number of carbonyl (C=O) groups excluding carboxylic acids is 1. The number of esters is 1. The number of hydrogen-bond donors (Lipinski definition) is 1. The van der Waals surface area contributed by atoms with Gasteiger partial charge in [0.25, 0.3) is 0 Å². The Balaban J connectivity index is 1.83. The first-order valence-electron chi connectivity index (χ1n) is 7.44. The van der Waals surface area contributed by atoms with Gasteiger partial charge >= 0.3 is 5.97 Å². The number of methoxy groups -OCH3 is 1. The Morgan fingerprint density at radius 2 is 2.16 bits per heavy atom. The summed E-state index contributed by atoms with van der Waals surface area (Å²) < 4.78 is 11.8. The molecule has 19 heavy (non-hydrogen) atoms. The molecule has 108 valence electrons. The molecule has 4 heteroatoms. The van der Waals surface area contributed by atoms with Crippen LogP contribution in [0.25, 0.3) is 0 Å². The standard InChI is InChI=1S/C15H25NO3/c1-10-12-4-11-5-14(7-12,19-13(17)8-16-2)9-15(10,6-11)18-3/h10-12,16H,4-9H2,1-3H3. The molecule has 1 N–H and O–H groups in total. The number of nitrogens with one attached hydrogen (secondary N) is 1. The van der Waals surface area contributed by atoms with Crippen molar-refractivity contribution in [2.45, 2.75) is 50.2 Å². The van der Waals surface area contributed by atoms with Gasteiger partial charge in [0.1, 0.15) is 5.60 Å². The highest BCUT2D eigenvalue weighted by Crippen LogP contribution is 2.62. The van der Waals surface area contributed by atoms with Gasteiger partial charge in [-0.05, 0) is 50.5 Å². The Morgan fingerprint density at radius 3 is 2.84 bits per heavy atom. The molecular weight excluding hydrogens is 242 g/mol. The molecule has 0 heterocycles. The van der Waals surface area contributed by atoms with Crippen molar-refractivity contribution in [2.75, 3.05) is 20.7 Å². The molecule has 0 aromatic carbocycles. The second-order valence-electron chi connectivity index (χ2n) is 6.90. The summed E-state index contributed by atoms with van der Waals surface area (Å²) in [6.07, 6.45) is 5.40. The highest BCUT2D eigenvalue weighted by molar-refractivity contribution is 5.72. The van der Waals surface area contributed by atoms with E-state index in [-0.39, 0.29) is 17.2 Å². The van der Waals surface area contributed by atoms with E-state index in [2.05, 4.69) is 12.2 Å². The molecule has 0 saturated heterocycles. The smallest absolute Gasteiger partial charge is 0.320 e. The normalized spacial score (nSPS) is 47.4. The van der Waals surface area contributed by atoms with E-state index >= 15 is 0 Å². The maximum atomic E-state index is 11.9. The molecule has 4 saturated carbocycles. The first-order valence-corrected chi connectivity index (χ1v) is 7.44. The van der Waals surface area contributed by atoms with E-state index < -0.39 is 0 Å². The summed E-state index contributed by atoms with van der Waals surface area (Å²) in [5.74, 6) is 1.79.